The quantitative estimate of drug-likeness (QED) is 0.835. The molecule has 0 unspecified atom stereocenters. The van der Waals surface area contributed by atoms with E-state index in [9.17, 15) is 22.8 Å². The van der Waals surface area contributed by atoms with Crippen LogP contribution in [0.4, 0.5) is 19.1 Å². The van der Waals surface area contributed by atoms with Crippen molar-refractivity contribution in [2.45, 2.75) is 25.4 Å². The molecule has 1 aromatic heterocycles. The van der Waals surface area contributed by atoms with Gasteiger partial charge in [0.05, 0.1) is 5.56 Å². The fourth-order valence-electron chi connectivity index (χ4n) is 2.91. The lowest BCUT2D eigenvalue weighted by atomic mass is 10.1. The zero-order valence-electron chi connectivity index (χ0n) is 14.5. The zero-order chi connectivity index (χ0) is 19.4. The Hall–Kier alpha value is -2.84. The van der Waals surface area contributed by atoms with Crippen molar-refractivity contribution < 1.29 is 18.0 Å². The Morgan fingerprint density at radius 1 is 1.19 bits per heavy atom. The van der Waals surface area contributed by atoms with Gasteiger partial charge in [-0.15, -0.1) is 0 Å². The predicted molar refractivity (Wildman–Crippen MR) is 93.8 cm³/mol. The number of aromatic amines is 1. The first kappa shape index (κ1) is 18.9. The molecule has 0 saturated carbocycles. The number of aromatic nitrogens is 2. The SMILES string of the molecule is O=C(NCCc1ccc(C(F)(F)F)cc1)c1cc(=O)[nH]c(N2CCCC2)n1. The number of halogens is 3. The highest BCUT2D eigenvalue weighted by Crippen LogP contribution is 2.29. The van der Waals surface area contributed by atoms with Crippen molar-refractivity contribution in [3.05, 3.63) is 57.5 Å². The highest BCUT2D eigenvalue weighted by atomic mass is 19.4. The number of anilines is 1. The van der Waals surface area contributed by atoms with Crippen LogP contribution in [-0.4, -0.2) is 35.5 Å². The van der Waals surface area contributed by atoms with E-state index in [4.69, 9.17) is 0 Å². The summed E-state index contributed by atoms with van der Waals surface area (Å²) < 4.78 is 37.6. The first-order valence-electron chi connectivity index (χ1n) is 8.63. The van der Waals surface area contributed by atoms with Crippen LogP contribution in [0.5, 0.6) is 0 Å². The van der Waals surface area contributed by atoms with Crippen LogP contribution in [0.3, 0.4) is 0 Å². The van der Waals surface area contributed by atoms with Gasteiger partial charge in [0, 0.05) is 25.7 Å². The second kappa shape index (κ2) is 7.81. The van der Waals surface area contributed by atoms with Gasteiger partial charge >= 0.3 is 6.18 Å². The molecule has 1 aromatic carbocycles. The molecule has 1 amide bonds. The number of amides is 1. The minimum absolute atomic E-state index is 0.0214. The average molecular weight is 380 g/mol. The monoisotopic (exact) mass is 380 g/mol. The maximum atomic E-state index is 12.5. The molecule has 0 bridgehead atoms. The van der Waals surface area contributed by atoms with Crippen molar-refractivity contribution in [3.63, 3.8) is 0 Å². The van der Waals surface area contributed by atoms with Gasteiger partial charge in [0.25, 0.3) is 11.5 Å². The minimum atomic E-state index is -4.37. The minimum Gasteiger partial charge on any atom is -0.350 e. The Bertz CT molecular complexity index is 856. The Kier molecular flexibility index (Phi) is 5.48. The summed E-state index contributed by atoms with van der Waals surface area (Å²) in [6.07, 6.45) is -1.99. The van der Waals surface area contributed by atoms with Crippen LogP contribution in [0.2, 0.25) is 0 Å². The number of hydrogen-bond acceptors (Lipinski definition) is 4. The third kappa shape index (κ3) is 4.87. The van der Waals surface area contributed by atoms with Gasteiger partial charge in [-0.25, -0.2) is 4.98 Å². The lowest BCUT2D eigenvalue weighted by Gasteiger charge is -2.16. The number of nitrogens with one attached hydrogen (secondary N) is 2. The molecule has 0 radical (unpaired) electrons. The second-order valence-electron chi connectivity index (χ2n) is 6.35. The summed E-state index contributed by atoms with van der Waals surface area (Å²) in [5, 5.41) is 2.64. The molecule has 3 rings (SSSR count). The van der Waals surface area contributed by atoms with Gasteiger partial charge in [0.15, 0.2) is 0 Å². The summed E-state index contributed by atoms with van der Waals surface area (Å²) in [6, 6.07) is 5.92. The van der Waals surface area contributed by atoms with Gasteiger partial charge in [0.1, 0.15) is 5.69 Å². The standard InChI is InChI=1S/C18H19F3N4O2/c19-18(20,21)13-5-3-12(4-6-13)7-8-22-16(27)14-11-15(26)24-17(23-14)25-9-1-2-10-25/h3-6,11H,1-2,7-10H2,(H,22,27)(H,23,24,26). The van der Waals surface area contributed by atoms with Crippen molar-refractivity contribution in [1.82, 2.24) is 15.3 Å². The van der Waals surface area contributed by atoms with Crippen LogP contribution in [0.1, 0.15) is 34.5 Å². The van der Waals surface area contributed by atoms with Gasteiger partial charge in [-0.05, 0) is 37.0 Å². The summed E-state index contributed by atoms with van der Waals surface area (Å²) in [5.41, 5.74) is -0.426. The lowest BCUT2D eigenvalue weighted by Crippen LogP contribution is -2.30. The van der Waals surface area contributed by atoms with Crippen LogP contribution in [0.15, 0.2) is 35.1 Å². The Morgan fingerprint density at radius 3 is 2.48 bits per heavy atom. The van der Waals surface area contributed by atoms with Crippen molar-refractivity contribution in [2.75, 3.05) is 24.5 Å². The molecule has 27 heavy (non-hydrogen) atoms. The summed E-state index contributed by atoms with van der Waals surface area (Å²) in [7, 11) is 0. The molecule has 0 spiro atoms. The van der Waals surface area contributed by atoms with Gasteiger partial charge < -0.3 is 10.2 Å². The molecule has 0 atom stereocenters. The molecule has 1 saturated heterocycles. The number of alkyl halides is 3. The van der Waals surface area contributed by atoms with Crippen LogP contribution in [0.25, 0.3) is 0 Å². The smallest absolute Gasteiger partial charge is 0.350 e. The number of benzene rings is 1. The maximum absolute atomic E-state index is 12.5. The van der Waals surface area contributed by atoms with E-state index in [-0.39, 0.29) is 12.2 Å². The molecule has 1 fully saturated rings. The summed E-state index contributed by atoms with van der Waals surface area (Å²) in [4.78, 5) is 32.8. The molecular formula is C18H19F3N4O2. The van der Waals surface area contributed by atoms with E-state index >= 15 is 0 Å². The highest BCUT2D eigenvalue weighted by molar-refractivity contribution is 5.92. The normalized spacial score (nSPS) is 14.4. The molecule has 6 nitrogen and oxygen atoms in total. The number of carbonyl (C=O) groups is 1. The van der Waals surface area contributed by atoms with Crippen LogP contribution in [0, 0.1) is 0 Å². The van der Waals surface area contributed by atoms with Gasteiger partial charge in [-0.1, -0.05) is 12.1 Å². The van der Waals surface area contributed by atoms with Gasteiger partial charge in [0.2, 0.25) is 5.95 Å². The first-order chi connectivity index (χ1) is 12.8. The first-order valence-corrected chi connectivity index (χ1v) is 8.63. The van der Waals surface area contributed by atoms with Gasteiger partial charge in [-0.2, -0.15) is 13.2 Å². The molecule has 1 aliphatic rings. The molecule has 2 heterocycles. The van der Waals surface area contributed by atoms with Crippen molar-refractivity contribution >= 4 is 11.9 Å². The van der Waals surface area contributed by atoms with Crippen LogP contribution in [-0.2, 0) is 12.6 Å². The van der Waals surface area contributed by atoms with Crippen molar-refractivity contribution in [3.8, 4) is 0 Å². The van der Waals surface area contributed by atoms with E-state index in [2.05, 4.69) is 15.3 Å². The zero-order valence-corrected chi connectivity index (χ0v) is 14.5. The van der Waals surface area contributed by atoms with E-state index in [0.717, 1.165) is 44.1 Å². The van der Waals surface area contributed by atoms with Gasteiger partial charge in [-0.3, -0.25) is 14.6 Å². The summed E-state index contributed by atoms with van der Waals surface area (Å²) in [5.74, 6) is -0.110. The second-order valence-corrected chi connectivity index (χ2v) is 6.35. The number of hydrogen-bond donors (Lipinski definition) is 2. The van der Waals surface area contributed by atoms with E-state index in [1.165, 1.54) is 12.1 Å². The summed E-state index contributed by atoms with van der Waals surface area (Å²) >= 11 is 0. The van der Waals surface area contributed by atoms with Crippen LogP contribution < -0.4 is 15.8 Å². The van der Waals surface area contributed by atoms with Crippen LogP contribution >= 0.6 is 0 Å². The number of carbonyl (C=O) groups excluding carboxylic acids is 1. The molecule has 2 N–H and O–H groups in total. The average Bonchev–Trinajstić information content (AvgIpc) is 3.15. The van der Waals surface area contributed by atoms with E-state index in [1.54, 1.807) is 0 Å². The van der Waals surface area contributed by atoms with Crippen molar-refractivity contribution in [1.29, 1.82) is 0 Å². The lowest BCUT2D eigenvalue weighted by molar-refractivity contribution is -0.137. The third-order valence-corrected chi connectivity index (χ3v) is 4.35. The topological polar surface area (TPSA) is 78.1 Å². The molecule has 144 valence electrons. The Labute approximate surface area is 153 Å². The molecule has 0 aliphatic carbocycles. The largest absolute Gasteiger partial charge is 0.416 e. The van der Waals surface area contributed by atoms with E-state index in [0.29, 0.717) is 17.9 Å². The predicted octanol–water partition coefficient (Wildman–Crippen LogP) is 2.36. The Morgan fingerprint density at radius 2 is 1.85 bits per heavy atom. The van der Waals surface area contributed by atoms with Crippen molar-refractivity contribution in [2.24, 2.45) is 0 Å². The molecular weight excluding hydrogens is 361 g/mol. The number of H-pyrrole nitrogens is 1. The number of nitrogens with zero attached hydrogens (tertiary/aromatic N) is 2. The fraction of sp³-hybridized carbons (Fsp3) is 0.389. The molecule has 2 aromatic rings. The maximum Gasteiger partial charge on any atom is 0.416 e. The van der Waals surface area contributed by atoms with E-state index < -0.39 is 23.2 Å². The third-order valence-electron chi connectivity index (χ3n) is 4.35. The fourth-order valence-corrected chi connectivity index (χ4v) is 2.91. The summed E-state index contributed by atoms with van der Waals surface area (Å²) in [6.45, 7) is 1.78. The number of rotatable bonds is 5. The molecule has 1 aliphatic heterocycles. The van der Waals surface area contributed by atoms with E-state index in [1.807, 2.05) is 4.90 Å². The highest BCUT2D eigenvalue weighted by Gasteiger charge is 2.29. The molecule has 9 heteroatoms. The Balaban J connectivity index is 1.58.